The van der Waals surface area contributed by atoms with Gasteiger partial charge in [0.15, 0.2) is 0 Å². The highest BCUT2D eigenvalue weighted by Gasteiger charge is 2.28. The minimum absolute atomic E-state index is 0.0454. The van der Waals surface area contributed by atoms with Gasteiger partial charge in [-0.05, 0) is 19.1 Å². The molecule has 23 heavy (non-hydrogen) atoms. The van der Waals surface area contributed by atoms with E-state index in [-0.39, 0.29) is 38.5 Å². The molecule has 124 valence electrons. The van der Waals surface area contributed by atoms with Crippen molar-refractivity contribution in [3.8, 4) is 0 Å². The van der Waals surface area contributed by atoms with Crippen LogP contribution in [0.25, 0.3) is 0 Å². The van der Waals surface area contributed by atoms with E-state index in [9.17, 15) is 18.8 Å². The largest absolute Gasteiger partial charge is 0.450 e. The first kappa shape index (κ1) is 16.7. The molecule has 7 nitrogen and oxygen atoms in total. The summed E-state index contributed by atoms with van der Waals surface area (Å²) in [6, 6.07) is 5.61. The van der Waals surface area contributed by atoms with E-state index in [1.165, 1.54) is 28.0 Å². The van der Waals surface area contributed by atoms with Gasteiger partial charge in [-0.3, -0.25) is 9.59 Å². The number of nitrogens with zero attached hydrogens (tertiary/aromatic N) is 2. The molecule has 1 aromatic carbocycles. The van der Waals surface area contributed by atoms with Crippen molar-refractivity contribution in [3.63, 3.8) is 0 Å². The predicted octanol–water partition coefficient (Wildman–Crippen LogP) is 1.06. The second-order valence-corrected chi connectivity index (χ2v) is 4.91. The fourth-order valence-corrected chi connectivity index (χ4v) is 2.19. The van der Waals surface area contributed by atoms with E-state index < -0.39 is 23.7 Å². The third kappa shape index (κ3) is 4.18. The van der Waals surface area contributed by atoms with E-state index in [4.69, 9.17) is 4.74 Å². The fourth-order valence-electron chi connectivity index (χ4n) is 2.19. The zero-order valence-electron chi connectivity index (χ0n) is 12.8. The van der Waals surface area contributed by atoms with Crippen LogP contribution in [0.1, 0.15) is 6.92 Å². The quantitative estimate of drug-likeness (QED) is 0.826. The van der Waals surface area contributed by atoms with Gasteiger partial charge in [0, 0.05) is 26.2 Å². The molecular formula is C15H18FN3O4. The van der Waals surface area contributed by atoms with Gasteiger partial charge >= 0.3 is 17.9 Å². The Morgan fingerprint density at radius 1 is 1.13 bits per heavy atom. The van der Waals surface area contributed by atoms with Gasteiger partial charge in [-0.25, -0.2) is 9.18 Å². The molecule has 0 unspecified atom stereocenters. The van der Waals surface area contributed by atoms with Crippen LogP contribution in [0, 0.1) is 5.82 Å². The molecule has 1 fully saturated rings. The second kappa shape index (κ2) is 7.57. The van der Waals surface area contributed by atoms with E-state index in [0.717, 1.165) is 0 Å². The van der Waals surface area contributed by atoms with Crippen molar-refractivity contribution in [1.29, 1.82) is 0 Å². The Labute approximate surface area is 133 Å². The van der Waals surface area contributed by atoms with Gasteiger partial charge < -0.3 is 19.9 Å². The van der Waals surface area contributed by atoms with Crippen LogP contribution in [0.15, 0.2) is 24.3 Å². The van der Waals surface area contributed by atoms with Crippen LogP contribution < -0.4 is 5.32 Å². The molecule has 0 spiro atoms. The molecule has 0 atom stereocenters. The molecule has 8 heteroatoms. The molecule has 1 N–H and O–H groups in total. The number of para-hydroxylation sites is 1. The van der Waals surface area contributed by atoms with Crippen molar-refractivity contribution in [2.24, 2.45) is 0 Å². The average molecular weight is 323 g/mol. The molecule has 0 bridgehead atoms. The number of rotatable bonds is 2. The molecule has 0 aliphatic carbocycles. The van der Waals surface area contributed by atoms with Crippen molar-refractivity contribution in [3.05, 3.63) is 30.1 Å². The lowest BCUT2D eigenvalue weighted by atomic mass is 10.3. The monoisotopic (exact) mass is 323 g/mol. The lowest BCUT2D eigenvalue weighted by molar-refractivity contribution is -0.144. The second-order valence-electron chi connectivity index (χ2n) is 4.91. The Kier molecular flexibility index (Phi) is 5.51. The number of halogens is 1. The number of amides is 3. The predicted molar refractivity (Wildman–Crippen MR) is 80.2 cm³/mol. The summed E-state index contributed by atoms with van der Waals surface area (Å²) in [5.74, 6) is -2.27. The van der Waals surface area contributed by atoms with Gasteiger partial charge in [-0.15, -0.1) is 0 Å². The van der Waals surface area contributed by atoms with Crippen molar-refractivity contribution in [2.75, 3.05) is 38.1 Å². The summed E-state index contributed by atoms with van der Waals surface area (Å²) in [6.07, 6.45) is -0.435. The van der Waals surface area contributed by atoms with Crippen LogP contribution >= 0.6 is 0 Å². The highest BCUT2D eigenvalue weighted by atomic mass is 19.1. The molecular weight excluding hydrogens is 305 g/mol. The van der Waals surface area contributed by atoms with Crippen LogP contribution in [0.5, 0.6) is 0 Å². The maximum atomic E-state index is 13.5. The van der Waals surface area contributed by atoms with Crippen molar-refractivity contribution in [1.82, 2.24) is 9.80 Å². The summed E-state index contributed by atoms with van der Waals surface area (Å²) < 4.78 is 18.3. The Bertz CT molecular complexity index is 600. The smallest absolute Gasteiger partial charge is 0.409 e. The maximum Gasteiger partial charge on any atom is 0.409 e. The lowest BCUT2D eigenvalue weighted by Crippen LogP contribution is -2.53. The molecule has 1 aromatic rings. The van der Waals surface area contributed by atoms with E-state index in [2.05, 4.69) is 5.32 Å². The number of anilines is 1. The van der Waals surface area contributed by atoms with Crippen LogP contribution in [-0.4, -0.2) is 60.5 Å². The molecule has 1 aliphatic rings. The summed E-state index contributed by atoms with van der Waals surface area (Å²) in [4.78, 5) is 38.3. The molecule has 2 rings (SSSR count). The van der Waals surface area contributed by atoms with Crippen LogP contribution in [0.3, 0.4) is 0 Å². The number of piperazine rings is 1. The van der Waals surface area contributed by atoms with Crippen LogP contribution in [-0.2, 0) is 14.3 Å². The SMILES string of the molecule is CCOC(=O)N1CCN(C(=O)C(=O)Nc2ccccc2F)CC1. The molecule has 0 saturated carbocycles. The number of carbonyl (C=O) groups is 3. The normalized spacial score (nSPS) is 14.3. The Morgan fingerprint density at radius 3 is 2.35 bits per heavy atom. The fraction of sp³-hybridized carbons (Fsp3) is 0.400. The third-order valence-corrected chi connectivity index (χ3v) is 3.41. The van der Waals surface area contributed by atoms with Gasteiger partial charge in [0.2, 0.25) is 0 Å². The standard InChI is InChI=1S/C15H18FN3O4/c1-2-23-15(22)19-9-7-18(8-10-19)14(21)13(20)17-12-6-4-3-5-11(12)16/h3-6H,2,7-10H2,1H3,(H,17,20). The van der Waals surface area contributed by atoms with Crippen molar-refractivity contribution >= 4 is 23.6 Å². The van der Waals surface area contributed by atoms with E-state index >= 15 is 0 Å². The average Bonchev–Trinajstić information content (AvgIpc) is 2.56. The number of benzene rings is 1. The molecule has 0 radical (unpaired) electrons. The molecule has 1 aliphatic heterocycles. The van der Waals surface area contributed by atoms with Crippen molar-refractivity contribution < 1.29 is 23.5 Å². The number of hydrogen-bond donors (Lipinski definition) is 1. The zero-order chi connectivity index (χ0) is 16.8. The lowest BCUT2D eigenvalue weighted by Gasteiger charge is -2.33. The number of nitrogens with one attached hydrogen (secondary N) is 1. The number of carbonyl (C=O) groups excluding carboxylic acids is 3. The third-order valence-electron chi connectivity index (χ3n) is 3.41. The van der Waals surface area contributed by atoms with Crippen LogP contribution in [0.2, 0.25) is 0 Å². The summed E-state index contributed by atoms with van der Waals surface area (Å²) in [6.45, 7) is 3.02. The summed E-state index contributed by atoms with van der Waals surface area (Å²) in [7, 11) is 0. The number of ether oxygens (including phenoxy) is 1. The first-order valence-electron chi connectivity index (χ1n) is 7.29. The van der Waals surface area contributed by atoms with Gasteiger partial charge in [-0.1, -0.05) is 12.1 Å². The van der Waals surface area contributed by atoms with Gasteiger partial charge in [0.1, 0.15) is 5.82 Å². The van der Waals surface area contributed by atoms with Gasteiger partial charge in [0.05, 0.1) is 12.3 Å². The summed E-state index contributed by atoms with van der Waals surface area (Å²) in [5, 5.41) is 2.25. The topological polar surface area (TPSA) is 79.0 Å². The van der Waals surface area contributed by atoms with E-state index in [1.807, 2.05) is 0 Å². The minimum atomic E-state index is -0.903. The van der Waals surface area contributed by atoms with Crippen LogP contribution in [0.4, 0.5) is 14.9 Å². The van der Waals surface area contributed by atoms with Gasteiger partial charge in [0.25, 0.3) is 0 Å². The summed E-state index contributed by atoms with van der Waals surface area (Å²) >= 11 is 0. The first-order chi connectivity index (χ1) is 11.0. The first-order valence-corrected chi connectivity index (χ1v) is 7.29. The molecule has 1 heterocycles. The Balaban J connectivity index is 1.88. The molecule has 1 saturated heterocycles. The van der Waals surface area contributed by atoms with Gasteiger partial charge in [-0.2, -0.15) is 0 Å². The number of hydrogen-bond acceptors (Lipinski definition) is 4. The highest BCUT2D eigenvalue weighted by molar-refractivity contribution is 6.39. The molecule has 3 amide bonds. The zero-order valence-corrected chi connectivity index (χ0v) is 12.8. The molecule has 0 aromatic heterocycles. The highest BCUT2D eigenvalue weighted by Crippen LogP contribution is 2.13. The van der Waals surface area contributed by atoms with E-state index in [1.54, 1.807) is 13.0 Å². The van der Waals surface area contributed by atoms with E-state index in [0.29, 0.717) is 0 Å². The summed E-state index contributed by atoms with van der Waals surface area (Å²) in [5.41, 5.74) is -0.0454. The minimum Gasteiger partial charge on any atom is -0.450 e. The maximum absolute atomic E-state index is 13.5. The van der Waals surface area contributed by atoms with Crippen molar-refractivity contribution in [2.45, 2.75) is 6.92 Å². The Morgan fingerprint density at radius 2 is 1.74 bits per heavy atom. The Hall–Kier alpha value is -2.64.